The lowest BCUT2D eigenvalue weighted by atomic mass is 10.00. The van der Waals surface area contributed by atoms with Crippen LogP contribution >= 0.6 is 0 Å². The van der Waals surface area contributed by atoms with Crippen LogP contribution < -0.4 is 10.5 Å². The zero-order valence-electron chi connectivity index (χ0n) is 12.4. The fourth-order valence-corrected chi connectivity index (χ4v) is 3.63. The van der Waals surface area contributed by atoms with E-state index in [1.54, 1.807) is 0 Å². The highest BCUT2D eigenvalue weighted by molar-refractivity contribution is 5.30. The number of benzene rings is 1. The molecule has 3 rings (SSSR count). The van der Waals surface area contributed by atoms with Crippen molar-refractivity contribution in [2.75, 3.05) is 20.1 Å². The van der Waals surface area contributed by atoms with Crippen LogP contribution in [0.5, 0.6) is 5.75 Å². The van der Waals surface area contributed by atoms with E-state index in [1.807, 2.05) is 0 Å². The van der Waals surface area contributed by atoms with Crippen LogP contribution in [0.3, 0.4) is 0 Å². The molecule has 1 saturated heterocycles. The number of rotatable bonds is 4. The molecular formula is C17H26N2O. The largest absolute Gasteiger partial charge is 0.490 e. The van der Waals surface area contributed by atoms with Crippen molar-refractivity contribution in [3.63, 3.8) is 0 Å². The molecule has 0 bridgehead atoms. The number of hydrogen-bond acceptors (Lipinski definition) is 3. The normalized spacial score (nSPS) is 28.1. The van der Waals surface area contributed by atoms with Gasteiger partial charge in [-0.05, 0) is 69.3 Å². The Hall–Kier alpha value is -1.06. The van der Waals surface area contributed by atoms with Crippen LogP contribution in [0.1, 0.15) is 43.7 Å². The SMILES string of the molecule is CN1CC(CN)CC1c1ccc(OC2CCCC2)cc1. The van der Waals surface area contributed by atoms with E-state index >= 15 is 0 Å². The summed E-state index contributed by atoms with van der Waals surface area (Å²) < 4.78 is 6.03. The minimum atomic E-state index is 0.441. The van der Waals surface area contributed by atoms with Crippen molar-refractivity contribution in [3.8, 4) is 5.75 Å². The van der Waals surface area contributed by atoms with Crippen molar-refractivity contribution in [1.82, 2.24) is 4.90 Å². The summed E-state index contributed by atoms with van der Waals surface area (Å²) in [5.41, 5.74) is 7.20. The van der Waals surface area contributed by atoms with Crippen molar-refractivity contribution >= 4 is 0 Å². The third-order valence-corrected chi connectivity index (χ3v) is 4.84. The molecule has 2 fully saturated rings. The molecule has 1 aliphatic heterocycles. The summed E-state index contributed by atoms with van der Waals surface area (Å²) in [7, 11) is 2.20. The summed E-state index contributed by atoms with van der Waals surface area (Å²) in [5, 5.41) is 0. The molecule has 2 N–H and O–H groups in total. The maximum Gasteiger partial charge on any atom is 0.119 e. The standard InChI is InChI=1S/C17H26N2O/c1-19-12-13(11-18)10-17(19)14-6-8-16(9-7-14)20-15-4-2-3-5-15/h6-9,13,15,17H,2-5,10-12,18H2,1H3. The molecular weight excluding hydrogens is 248 g/mol. The summed E-state index contributed by atoms with van der Waals surface area (Å²) >= 11 is 0. The Labute approximate surface area is 122 Å². The predicted molar refractivity (Wildman–Crippen MR) is 81.9 cm³/mol. The number of nitrogens with two attached hydrogens (primary N) is 1. The lowest BCUT2D eigenvalue weighted by Crippen LogP contribution is -2.20. The van der Waals surface area contributed by atoms with Gasteiger partial charge in [-0.3, -0.25) is 4.90 Å². The highest BCUT2D eigenvalue weighted by Crippen LogP contribution is 2.34. The molecule has 1 aliphatic carbocycles. The van der Waals surface area contributed by atoms with Crippen molar-refractivity contribution in [1.29, 1.82) is 0 Å². The van der Waals surface area contributed by atoms with E-state index < -0.39 is 0 Å². The maximum atomic E-state index is 6.03. The van der Waals surface area contributed by atoms with Crippen LogP contribution in [0, 0.1) is 5.92 Å². The van der Waals surface area contributed by atoms with Crippen LogP contribution in [-0.2, 0) is 0 Å². The molecule has 1 aromatic carbocycles. The molecule has 1 aromatic rings. The van der Waals surface area contributed by atoms with Gasteiger partial charge in [0.15, 0.2) is 0 Å². The fraction of sp³-hybridized carbons (Fsp3) is 0.647. The van der Waals surface area contributed by atoms with Gasteiger partial charge in [-0.1, -0.05) is 12.1 Å². The van der Waals surface area contributed by atoms with Crippen molar-refractivity contribution in [2.45, 2.75) is 44.2 Å². The topological polar surface area (TPSA) is 38.5 Å². The molecule has 1 saturated carbocycles. The molecule has 3 heteroatoms. The van der Waals surface area contributed by atoms with Crippen molar-refractivity contribution in [3.05, 3.63) is 29.8 Å². The first kappa shape index (κ1) is 13.9. The van der Waals surface area contributed by atoms with Crippen LogP contribution in [0.4, 0.5) is 0 Å². The van der Waals surface area contributed by atoms with Gasteiger partial charge >= 0.3 is 0 Å². The number of ether oxygens (including phenoxy) is 1. The molecule has 2 aliphatic rings. The first-order valence-corrected chi connectivity index (χ1v) is 7.93. The molecule has 1 heterocycles. The van der Waals surface area contributed by atoms with E-state index in [0.29, 0.717) is 18.1 Å². The Morgan fingerprint density at radius 2 is 1.90 bits per heavy atom. The van der Waals surface area contributed by atoms with Gasteiger partial charge in [0.2, 0.25) is 0 Å². The molecule has 2 atom stereocenters. The second-order valence-electron chi connectivity index (χ2n) is 6.39. The predicted octanol–water partition coefficient (Wildman–Crippen LogP) is 2.96. The third-order valence-electron chi connectivity index (χ3n) is 4.84. The van der Waals surface area contributed by atoms with Crippen molar-refractivity contribution < 1.29 is 4.74 Å². The second-order valence-corrected chi connectivity index (χ2v) is 6.39. The van der Waals surface area contributed by atoms with Gasteiger partial charge in [-0.25, -0.2) is 0 Å². The molecule has 20 heavy (non-hydrogen) atoms. The second kappa shape index (κ2) is 6.15. The zero-order valence-corrected chi connectivity index (χ0v) is 12.4. The molecule has 0 spiro atoms. The zero-order chi connectivity index (χ0) is 13.9. The van der Waals surface area contributed by atoms with Crippen LogP contribution in [0.15, 0.2) is 24.3 Å². The van der Waals surface area contributed by atoms with Crippen LogP contribution in [-0.4, -0.2) is 31.1 Å². The van der Waals surface area contributed by atoms with Gasteiger partial charge in [0.1, 0.15) is 5.75 Å². The van der Waals surface area contributed by atoms with E-state index in [9.17, 15) is 0 Å². The average Bonchev–Trinajstić information content (AvgIpc) is 3.09. The molecule has 2 unspecified atom stereocenters. The van der Waals surface area contributed by atoms with Gasteiger partial charge in [-0.2, -0.15) is 0 Å². The Kier molecular flexibility index (Phi) is 4.27. The Bertz CT molecular complexity index is 425. The summed E-state index contributed by atoms with van der Waals surface area (Å²) in [6.45, 7) is 1.91. The Morgan fingerprint density at radius 3 is 2.50 bits per heavy atom. The van der Waals surface area contributed by atoms with Gasteiger partial charge in [-0.15, -0.1) is 0 Å². The fourth-order valence-electron chi connectivity index (χ4n) is 3.63. The Balaban J connectivity index is 1.63. The number of hydrogen-bond donors (Lipinski definition) is 1. The smallest absolute Gasteiger partial charge is 0.119 e. The van der Waals surface area contributed by atoms with Gasteiger partial charge < -0.3 is 10.5 Å². The highest BCUT2D eigenvalue weighted by atomic mass is 16.5. The van der Waals surface area contributed by atoms with Gasteiger partial charge in [0.05, 0.1) is 6.10 Å². The lowest BCUT2D eigenvalue weighted by Gasteiger charge is -2.20. The molecule has 0 aromatic heterocycles. The van der Waals surface area contributed by atoms with E-state index in [1.165, 1.54) is 37.7 Å². The molecule has 110 valence electrons. The van der Waals surface area contributed by atoms with E-state index in [0.717, 1.165) is 18.8 Å². The lowest BCUT2D eigenvalue weighted by molar-refractivity contribution is 0.210. The quantitative estimate of drug-likeness (QED) is 0.917. The summed E-state index contributed by atoms with van der Waals surface area (Å²) in [5.74, 6) is 1.66. The summed E-state index contributed by atoms with van der Waals surface area (Å²) in [6.07, 6.45) is 6.68. The molecule has 0 amide bonds. The minimum Gasteiger partial charge on any atom is -0.490 e. The summed E-state index contributed by atoms with van der Waals surface area (Å²) in [4.78, 5) is 2.42. The van der Waals surface area contributed by atoms with Gasteiger partial charge in [0.25, 0.3) is 0 Å². The first-order valence-electron chi connectivity index (χ1n) is 7.93. The monoisotopic (exact) mass is 274 g/mol. The maximum absolute atomic E-state index is 6.03. The Morgan fingerprint density at radius 1 is 1.20 bits per heavy atom. The number of nitrogens with zero attached hydrogens (tertiary/aromatic N) is 1. The van der Waals surface area contributed by atoms with Gasteiger partial charge in [0, 0.05) is 12.6 Å². The first-order chi connectivity index (χ1) is 9.76. The third kappa shape index (κ3) is 2.99. The average molecular weight is 274 g/mol. The minimum absolute atomic E-state index is 0.441. The van der Waals surface area contributed by atoms with Crippen molar-refractivity contribution in [2.24, 2.45) is 11.7 Å². The van der Waals surface area contributed by atoms with E-state index in [4.69, 9.17) is 10.5 Å². The molecule has 3 nitrogen and oxygen atoms in total. The summed E-state index contributed by atoms with van der Waals surface area (Å²) in [6, 6.07) is 9.24. The highest BCUT2D eigenvalue weighted by Gasteiger charge is 2.29. The van der Waals surface area contributed by atoms with E-state index in [-0.39, 0.29) is 0 Å². The van der Waals surface area contributed by atoms with Crippen LogP contribution in [0.2, 0.25) is 0 Å². The molecule has 0 radical (unpaired) electrons. The number of likely N-dealkylation sites (tertiary alicyclic amines) is 1. The van der Waals surface area contributed by atoms with Crippen LogP contribution in [0.25, 0.3) is 0 Å². The van der Waals surface area contributed by atoms with E-state index in [2.05, 4.69) is 36.2 Å².